The molecule has 3 heteroatoms. The maximum atomic E-state index is 6.26. The fraction of sp³-hybridized carbons (Fsp3) is 0.600. The fourth-order valence-electron chi connectivity index (χ4n) is 3.15. The lowest BCUT2D eigenvalue weighted by atomic mass is 9.78. The van der Waals surface area contributed by atoms with E-state index in [0.29, 0.717) is 11.5 Å². The Kier molecular flexibility index (Phi) is 4.58. The molecule has 0 heterocycles. The molecule has 18 heavy (non-hydrogen) atoms. The van der Waals surface area contributed by atoms with Gasteiger partial charge in [-0.3, -0.25) is 0 Å². The van der Waals surface area contributed by atoms with Gasteiger partial charge in [-0.15, -0.1) is 0 Å². The molecule has 0 aromatic heterocycles. The van der Waals surface area contributed by atoms with Gasteiger partial charge >= 0.3 is 0 Å². The monoisotopic (exact) mass is 285 g/mol. The molecule has 1 aliphatic carbocycles. The molecule has 0 radical (unpaired) electrons. The van der Waals surface area contributed by atoms with Crippen LogP contribution in [0.1, 0.15) is 38.2 Å². The van der Waals surface area contributed by atoms with Gasteiger partial charge in [0.1, 0.15) is 0 Å². The van der Waals surface area contributed by atoms with Crippen molar-refractivity contribution in [3.05, 3.63) is 33.8 Å². The van der Waals surface area contributed by atoms with Crippen LogP contribution in [0.15, 0.2) is 18.2 Å². The number of rotatable bonds is 4. The van der Waals surface area contributed by atoms with Crippen LogP contribution in [0, 0.1) is 5.41 Å². The topological polar surface area (TPSA) is 12.0 Å². The first kappa shape index (κ1) is 14.2. The van der Waals surface area contributed by atoms with E-state index in [-0.39, 0.29) is 0 Å². The summed E-state index contributed by atoms with van der Waals surface area (Å²) < 4.78 is 0. The second-order valence-electron chi connectivity index (χ2n) is 5.64. The molecule has 0 spiro atoms. The molecular formula is C15H21Cl2N. The van der Waals surface area contributed by atoms with Gasteiger partial charge in [0, 0.05) is 16.1 Å². The van der Waals surface area contributed by atoms with Crippen LogP contribution in [0.25, 0.3) is 0 Å². The van der Waals surface area contributed by atoms with E-state index in [1.807, 2.05) is 25.2 Å². The Morgan fingerprint density at radius 3 is 2.56 bits per heavy atom. The molecule has 1 unspecified atom stereocenters. The Morgan fingerprint density at radius 2 is 1.94 bits per heavy atom. The molecule has 0 saturated heterocycles. The molecule has 0 bridgehead atoms. The predicted octanol–water partition coefficient (Wildman–Crippen LogP) is 4.70. The zero-order valence-corrected chi connectivity index (χ0v) is 12.6. The lowest BCUT2D eigenvalue weighted by Gasteiger charge is -2.34. The predicted molar refractivity (Wildman–Crippen MR) is 79.6 cm³/mol. The first-order valence-electron chi connectivity index (χ1n) is 6.66. The van der Waals surface area contributed by atoms with Gasteiger partial charge in [0.15, 0.2) is 0 Å². The zero-order valence-electron chi connectivity index (χ0n) is 11.1. The van der Waals surface area contributed by atoms with Gasteiger partial charge in [0.2, 0.25) is 0 Å². The van der Waals surface area contributed by atoms with Gasteiger partial charge in [0.25, 0.3) is 0 Å². The highest BCUT2D eigenvalue weighted by Crippen LogP contribution is 2.42. The molecule has 1 saturated carbocycles. The van der Waals surface area contributed by atoms with E-state index in [9.17, 15) is 0 Å². The van der Waals surface area contributed by atoms with Gasteiger partial charge in [-0.2, -0.15) is 0 Å². The first-order chi connectivity index (χ1) is 8.55. The molecule has 100 valence electrons. The van der Waals surface area contributed by atoms with Gasteiger partial charge < -0.3 is 5.32 Å². The van der Waals surface area contributed by atoms with E-state index in [1.54, 1.807) is 0 Å². The highest BCUT2D eigenvalue weighted by Gasteiger charge is 2.36. The molecule has 1 aromatic rings. The van der Waals surface area contributed by atoms with Crippen molar-refractivity contribution in [2.45, 2.75) is 45.1 Å². The Labute approximate surface area is 120 Å². The molecule has 1 atom stereocenters. The fourth-order valence-corrected chi connectivity index (χ4v) is 3.54. The van der Waals surface area contributed by atoms with Crippen molar-refractivity contribution >= 4 is 23.2 Å². The number of hydrogen-bond donors (Lipinski definition) is 1. The van der Waals surface area contributed by atoms with Crippen LogP contribution in [0.2, 0.25) is 10.0 Å². The van der Waals surface area contributed by atoms with E-state index >= 15 is 0 Å². The average Bonchev–Trinajstić information content (AvgIpc) is 2.78. The van der Waals surface area contributed by atoms with Crippen molar-refractivity contribution in [3.63, 3.8) is 0 Å². The molecule has 1 aromatic carbocycles. The van der Waals surface area contributed by atoms with Crippen molar-refractivity contribution in [1.29, 1.82) is 0 Å². The highest BCUT2D eigenvalue weighted by atomic mass is 35.5. The molecule has 1 nitrogen and oxygen atoms in total. The minimum Gasteiger partial charge on any atom is -0.316 e. The molecular weight excluding hydrogens is 265 g/mol. The number of benzene rings is 1. The van der Waals surface area contributed by atoms with E-state index in [4.69, 9.17) is 23.2 Å². The standard InChI is InChI=1S/C15H21Cl2N/c1-15(7-3-4-8-15)14(18-2)10-11-9-12(16)5-6-13(11)17/h5-6,9,14,18H,3-4,7-8,10H2,1-2H3. The smallest absolute Gasteiger partial charge is 0.0439 e. The Morgan fingerprint density at radius 1 is 1.28 bits per heavy atom. The summed E-state index contributed by atoms with van der Waals surface area (Å²) in [4.78, 5) is 0. The maximum absolute atomic E-state index is 6.26. The average molecular weight is 286 g/mol. The van der Waals surface area contributed by atoms with Crippen molar-refractivity contribution in [2.75, 3.05) is 7.05 Å². The minimum atomic E-state index is 0.389. The Hall–Kier alpha value is -0.240. The largest absolute Gasteiger partial charge is 0.316 e. The van der Waals surface area contributed by atoms with Crippen LogP contribution in [0.4, 0.5) is 0 Å². The van der Waals surface area contributed by atoms with Crippen molar-refractivity contribution < 1.29 is 0 Å². The van der Waals surface area contributed by atoms with E-state index in [1.165, 1.54) is 25.7 Å². The van der Waals surface area contributed by atoms with Crippen molar-refractivity contribution in [3.8, 4) is 0 Å². The lowest BCUT2D eigenvalue weighted by Crippen LogP contribution is -2.41. The van der Waals surface area contributed by atoms with Crippen LogP contribution < -0.4 is 5.32 Å². The molecule has 1 fully saturated rings. The second kappa shape index (κ2) is 5.81. The van der Waals surface area contributed by atoms with Gasteiger partial charge in [-0.05, 0) is 55.5 Å². The van der Waals surface area contributed by atoms with Crippen LogP contribution in [-0.4, -0.2) is 13.1 Å². The van der Waals surface area contributed by atoms with E-state index in [0.717, 1.165) is 22.0 Å². The summed E-state index contributed by atoms with van der Waals surface area (Å²) in [6, 6.07) is 6.20. The normalized spacial score (nSPS) is 20.0. The molecule has 1 N–H and O–H groups in total. The van der Waals surface area contributed by atoms with Crippen LogP contribution in [0.5, 0.6) is 0 Å². The summed E-state index contributed by atoms with van der Waals surface area (Å²) in [5.41, 5.74) is 1.54. The van der Waals surface area contributed by atoms with Crippen molar-refractivity contribution in [2.24, 2.45) is 5.41 Å². The Balaban J connectivity index is 2.17. The summed E-state index contributed by atoms with van der Waals surface area (Å²) in [6.07, 6.45) is 6.25. The van der Waals surface area contributed by atoms with Gasteiger partial charge in [-0.1, -0.05) is 43.0 Å². The SMILES string of the molecule is CNC(Cc1cc(Cl)ccc1Cl)C1(C)CCCC1. The molecule has 1 aliphatic rings. The third-order valence-corrected chi connectivity index (χ3v) is 4.97. The number of halogens is 2. The second-order valence-corrected chi connectivity index (χ2v) is 6.49. The van der Waals surface area contributed by atoms with Gasteiger partial charge in [0.05, 0.1) is 0 Å². The van der Waals surface area contributed by atoms with E-state index in [2.05, 4.69) is 12.2 Å². The van der Waals surface area contributed by atoms with Crippen LogP contribution in [0.3, 0.4) is 0 Å². The Bertz CT molecular complexity index is 411. The highest BCUT2D eigenvalue weighted by molar-refractivity contribution is 6.33. The summed E-state index contributed by atoms with van der Waals surface area (Å²) in [6.45, 7) is 2.39. The van der Waals surface area contributed by atoms with E-state index < -0.39 is 0 Å². The van der Waals surface area contributed by atoms with Crippen molar-refractivity contribution in [1.82, 2.24) is 5.32 Å². The maximum Gasteiger partial charge on any atom is 0.0439 e. The quantitative estimate of drug-likeness (QED) is 0.845. The van der Waals surface area contributed by atoms with Crippen LogP contribution >= 0.6 is 23.2 Å². The molecule has 2 rings (SSSR count). The molecule has 0 aliphatic heterocycles. The summed E-state index contributed by atoms with van der Waals surface area (Å²) >= 11 is 12.3. The zero-order chi connectivity index (χ0) is 13.2. The summed E-state index contributed by atoms with van der Waals surface area (Å²) in [5, 5.41) is 5.06. The lowest BCUT2D eigenvalue weighted by molar-refractivity contribution is 0.229. The summed E-state index contributed by atoms with van der Waals surface area (Å²) in [7, 11) is 2.05. The van der Waals surface area contributed by atoms with Gasteiger partial charge in [-0.25, -0.2) is 0 Å². The summed E-state index contributed by atoms with van der Waals surface area (Å²) in [5.74, 6) is 0. The number of likely N-dealkylation sites (N-methyl/N-ethyl adjacent to an activating group) is 1. The minimum absolute atomic E-state index is 0.389. The first-order valence-corrected chi connectivity index (χ1v) is 7.42. The number of hydrogen-bond acceptors (Lipinski definition) is 1. The van der Waals surface area contributed by atoms with Crippen LogP contribution in [-0.2, 0) is 6.42 Å². The third kappa shape index (κ3) is 3.01. The molecule has 0 amide bonds. The third-order valence-electron chi connectivity index (χ3n) is 4.37. The number of nitrogens with one attached hydrogen (secondary N) is 1.